The number of carbonyl (C=O) groups excluding carboxylic acids is 2. The smallest absolute Gasteiger partial charge is 0.312 e. The van der Waals surface area contributed by atoms with Gasteiger partial charge in [-0.05, 0) is 35.8 Å². The molecule has 1 aromatic carbocycles. The van der Waals surface area contributed by atoms with E-state index < -0.39 is 0 Å². The number of fused-ring (bicyclic) bond motifs is 1. The second kappa shape index (κ2) is 7.65. The number of hydrogen-bond donors (Lipinski definition) is 0. The first-order valence-electron chi connectivity index (χ1n) is 10.4. The summed E-state index contributed by atoms with van der Waals surface area (Å²) in [5.41, 5.74) is 3.29. The van der Waals surface area contributed by atoms with Crippen molar-refractivity contribution in [3.63, 3.8) is 0 Å². The van der Waals surface area contributed by atoms with Crippen molar-refractivity contribution in [2.24, 2.45) is 18.9 Å². The lowest BCUT2D eigenvalue weighted by atomic mass is 9.85. The molecular formula is C23H29N3O3. The van der Waals surface area contributed by atoms with Gasteiger partial charge in [-0.25, -0.2) is 0 Å². The van der Waals surface area contributed by atoms with Crippen LogP contribution in [0.15, 0.2) is 36.7 Å². The van der Waals surface area contributed by atoms with Crippen LogP contribution in [0, 0.1) is 11.8 Å². The fraction of sp³-hybridized carbons (Fsp3) is 0.522. The van der Waals surface area contributed by atoms with Crippen LogP contribution in [-0.4, -0.2) is 33.6 Å². The molecule has 4 rings (SSSR count). The van der Waals surface area contributed by atoms with Gasteiger partial charge in [0.15, 0.2) is 0 Å². The van der Waals surface area contributed by atoms with Gasteiger partial charge in [-0.1, -0.05) is 38.1 Å². The lowest BCUT2D eigenvalue weighted by Gasteiger charge is -2.37. The molecule has 2 heterocycles. The highest BCUT2D eigenvalue weighted by atomic mass is 16.5. The molecule has 2 unspecified atom stereocenters. The Morgan fingerprint density at radius 2 is 1.93 bits per heavy atom. The number of piperidine rings is 1. The van der Waals surface area contributed by atoms with Gasteiger partial charge in [0.1, 0.15) is 6.10 Å². The molecule has 29 heavy (non-hydrogen) atoms. The lowest BCUT2D eigenvalue weighted by molar-refractivity contribution is -0.161. The summed E-state index contributed by atoms with van der Waals surface area (Å²) >= 11 is 0. The third-order valence-electron chi connectivity index (χ3n) is 6.50. The molecule has 0 radical (unpaired) electrons. The predicted octanol–water partition coefficient (Wildman–Crippen LogP) is 3.76. The minimum Gasteiger partial charge on any atom is -0.457 e. The molecule has 2 aromatic rings. The normalized spacial score (nSPS) is 26.7. The van der Waals surface area contributed by atoms with Gasteiger partial charge in [0.05, 0.1) is 18.2 Å². The number of aromatic nitrogens is 2. The zero-order chi connectivity index (χ0) is 20.7. The van der Waals surface area contributed by atoms with E-state index in [1.165, 1.54) is 5.56 Å². The maximum absolute atomic E-state index is 13.3. The summed E-state index contributed by atoms with van der Waals surface area (Å²) in [5, 5.41) is 4.23. The Labute approximate surface area is 171 Å². The van der Waals surface area contributed by atoms with Crippen LogP contribution in [0.1, 0.15) is 67.9 Å². The van der Waals surface area contributed by atoms with Crippen molar-refractivity contribution < 1.29 is 14.3 Å². The van der Waals surface area contributed by atoms with Gasteiger partial charge in [0, 0.05) is 32.3 Å². The molecule has 6 heteroatoms. The van der Waals surface area contributed by atoms with Gasteiger partial charge in [-0.2, -0.15) is 5.10 Å². The van der Waals surface area contributed by atoms with Crippen molar-refractivity contribution in [3.05, 3.63) is 53.3 Å². The summed E-state index contributed by atoms with van der Waals surface area (Å²) in [5.74, 6) is 0.332. The predicted molar refractivity (Wildman–Crippen MR) is 109 cm³/mol. The molecule has 1 saturated heterocycles. The first kappa shape index (κ1) is 19.7. The van der Waals surface area contributed by atoms with Gasteiger partial charge < -0.3 is 9.64 Å². The maximum Gasteiger partial charge on any atom is 0.312 e. The first-order chi connectivity index (χ1) is 13.9. The zero-order valence-electron chi connectivity index (χ0n) is 17.5. The lowest BCUT2D eigenvalue weighted by Crippen LogP contribution is -2.43. The molecule has 1 amide bonds. The monoisotopic (exact) mass is 395 g/mol. The average molecular weight is 396 g/mol. The van der Waals surface area contributed by atoms with E-state index >= 15 is 0 Å². The second-order valence-electron chi connectivity index (χ2n) is 8.68. The van der Waals surface area contributed by atoms with E-state index in [9.17, 15) is 9.59 Å². The first-order valence-corrected chi connectivity index (χ1v) is 10.4. The third-order valence-corrected chi connectivity index (χ3v) is 6.50. The SMILES string of the molecule is CC(C)[C@@H]1C[C@@H](OC(=O)C2CCC(=O)N(C)C2c2cnn(C)c2)c2ccccc21. The Balaban J connectivity index is 1.58. The molecule has 6 nitrogen and oxygen atoms in total. The summed E-state index contributed by atoms with van der Waals surface area (Å²) in [4.78, 5) is 27.3. The van der Waals surface area contributed by atoms with E-state index in [0.29, 0.717) is 24.7 Å². The number of rotatable bonds is 4. The Morgan fingerprint density at radius 3 is 2.59 bits per heavy atom. The van der Waals surface area contributed by atoms with E-state index in [2.05, 4.69) is 37.1 Å². The Hall–Kier alpha value is -2.63. The minimum atomic E-state index is -0.382. The highest BCUT2D eigenvalue weighted by Gasteiger charge is 2.42. The summed E-state index contributed by atoms with van der Waals surface area (Å²) in [6, 6.07) is 7.95. The third kappa shape index (κ3) is 3.56. The van der Waals surface area contributed by atoms with E-state index in [-0.39, 0.29) is 29.9 Å². The van der Waals surface area contributed by atoms with E-state index in [4.69, 9.17) is 4.74 Å². The quantitative estimate of drug-likeness (QED) is 0.740. The van der Waals surface area contributed by atoms with Crippen LogP contribution >= 0.6 is 0 Å². The molecule has 0 bridgehead atoms. The van der Waals surface area contributed by atoms with Gasteiger partial charge in [0.25, 0.3) is 0 Å². The van der Waals surface area contributed by atoms with E-state index in [1.54, 1.807) is 22.8 Å². The molecule has 0 spiro atoms. The van der Waals surface area contributed by atoms with Crippen LogP contribution in [0.3, 0.4) is 0 Å². The summed E-state index contributed by atoms with van der Waals surface area (Å²) in [6.45, 7) is 4.43. The Morgan fingerprint density at radius 1 is 1.21 bits per heavy atom. The van der Waals surface area contributed by atoms with Crippen molar-refractivity contribution in [2.45, 2.75) is 51.2 Å². The Bertz CT molecular complexity index is 920. The van der Waals surface area contributed by atoms with Gasteiger partial charge in [0.2, 0.25) is 5.91 Å². The minimum absolute atomic E-state index is 0.0500. The number of nitrogens with zero attached hydrogens (tertiary/aromatic N) is 3. The molecular weight excluding hydrogens is 366 g/mol. The fourth-order valence-electron chi connectivity index (χ4n) is 4.93. The van der Waals surface area contributed by atoms with Crippen LogP contribution in [-0.2, 0) is 21.4 Å². The standard InChI is InChI=1S/C23H29N3O3/c1-14(2)19-11-20(17-8-6-5-7-16(17)19)29-23(28)18-9-10-21(27)26(4)22(18)15-12-24-25(3)13-15/h5-8,12-14,18-20,22H,9-11H2,1-4H3/t18?,19-,20+,22?/m0/s1. The molecule has 1 aliphatic heterocycles. The van der Waals surface area contributed by atoms with Crippen LogP contribution < -0.4 is 0 Å². The zero-order valence-corrected chi connectivity index (χ0v) is 17.5. The number of ether oxygens (including phenoxy) is 1. The number of aryl methyl sites for hydroxylation is 1. The average Bonchev–Trinajstić information content (AvgIpc) is 3.28. The van der Waals surface area contributed by atoms with Crippen molar-refractivity contribution >= 4 is 11.9 Å². The van der Waals surface area contributed by atoms with Crippen LogP contribution in [0.2, 0.25) is 0 Å². The summed E-state index contributed by atoms with van der Waals surface area (Å²) < 4.78 is 7.80. The van der Waals surface area contributed by atoms with Gasteiger partial charge in [-0.3, -0.25) is 14.3 Å². The van der Waals surface area contributed by atoms with Crippen molar-refractivity contribution in [3.8, 4) is 0 Å². The fourth-order valence-corrected chi connectivity index (χ4v) is 4.93. The molecule has 154 valence electrons. The van der Waals surface area contributed by atoms with Crippen molar-refractivity contribution in [1.82, 2.24) is 14.7 Å². The van der Waals surface area contributed by atoms with Crippen molar-refractivity contribution in [2.75, 3.05) is 7.05 Å². The largest absolute Gasteiger partial charge is 0.457 e. The van der Waals surface area contributed by atoms with Gasteiger partial charge >= 0.3 is 5.97 Å². The molecule has 1 fully saturated rings. The number of esters is 1. The van der Waals surface area contributed by atoms with E-state index in [1.807, 2.05) is 19.3 Å². The number of benzene rings is 1. The van der Waals surface area contributed by atoms with Crippen molar-refractivity contribution in [1.29, 1.82) is 0 Å². The van der Waals surface area contributed by atoms with E-state index in [0.717, 1.165) is 17.5 Å². The highest BCUT2D eigenvalue weighted by Crippen LogP contribution is 2.47. The number of carbonyl (C=O) groups is 2. The molecule has 2 aliphatic rings. The second-order valence-corrected chi connectivity index (χ2v) is 8.68. The molecule has 0 N–H and O–H groups in total. The maximum atomic E-state index is 13.3. The number of hydrogen-bond acceptors (Lipinski definition) is 4. The van der Waals surface area contributed by atoms with Crippen LogP contribution in [0.4, 0.5) is 0 Å². The topological polar surface area (TPSA) is 64.4 Å². The van der Waals surface area contributed by atoms with Crippen LogP contribution in [0.5, 0.6) is 0 Å². The highest BCUT2D eigenvalue weighted by molar-refractivity contribution is 5.82. The molecule has 0 saturated carbocycles. The Kier molecular flexibility index (Phi) is 5.19. The molecule has 4 atom stereocenters. The molecule has 1 aromatic heterocycles. The van der Waals surface area contributed by atoms with Crippen LogP contribution in [0.25, 0.3) is 0 Å². The molecule has 1 aliphatic carbocycles. The number of likely N-dealkylation sites (tertiary alicyclic amines) is 1. The van der Waals surface area contributed by atoms with Gasteiger partial charge in [-0.15, -0.1) is 0 Å². The number of amides is 1. The summed E-state index contributed by atoms with van der Waals surface area (Å²) in [7, 11) is 3.60. The summed E-state index contributed by atoms with van der Waals surface area (Å²) in [6.07, 6.45) is 5.08.